The summed E-state index contributed by atoms with van der Waals surface area (Å²) in [7, 11) is 0. The van der Waals surface area contributed by atoms with Gasteiger partial charge < -0.3 is 4.79 Å². The van der Waals surface area contributed by atoms with Crippen molar-refractivity contribution in [1.29, 1.82) is 0 Å². The third kappa shape index (κ3) is 9.79. The molecule has 82 valence electrons. The fourth-order valence-corrected chi connectivity index (χ4v) is 1.50. The highest BCUT2D eigenvalue weighted by molar-refractivity contribution is 6.29. The Labute approximate surface area is 92.5 Å². The Morgan fingerprint density at radius 3 is 2.50 bits per heavy atom. The molecule has 0 fully saturated rings. The molecule has 0 amide bonds. The maximum Gasteiger partial charge on any atom is 0.130 e. The Kier molecular flexibility index (Phi) is 9.06. The first kappa shape index (κ1) is 13.7. The molecule has 0 atom stereocenters. The monoisotopic (exact) mass is 216 g/mol. The molecule has 0 aliphatic heterocycles. The number of hydrogen-bond acceptors (Lipinski definition) is 1. The molecule has 0 aromatic heterocycles. The molecular formula is C12H21ClO. The van der Waals surface area contributed by atoms with E-state index in [1.165, 1.54) is 25.7 Å². The van der Waals surface area contributed by atoms with Crippen LogP contribution in [0.2, 0.25) is 0 Å². The smallest absolute Gasteiger partial charge is 0.130 e. The number of carbonyl (C=O) groups excluding carboxylic acids is 1. The number of unbranched alkanes of at least 4 members (excludes halogenated alkanes) is 3. The predicted octanol–water partition coefficient (Wildman–Crippen LogP) is 4.45. The van der Waals surface area contributed by atoms with Crippen LogP contribution in [-0.4, -0.2) is 5.78 Å². The molecule has 0 aromatic rings. The number of rotatable bonds is 8. The molecule has 1 nitrogen and oxygen atoms in total. The van der Waals surface area contributed by atoms with Gasteiger partial charge in [0.2, 0.25) is 0 Å². The van der Waals surface area contributed by atoms with Crippen molar-refractivity contribution in [2.45, 2.75) is 58.8 Å². The molecule has 0 rings (SSSR count). The van der Waals surface area contributed by atoms with Crippen LogP contribution in [0.5, 0.6) is 0 Å². The van der Waals surface area contributed by atoms with Gasteiger partial charge in [0.15, 0.2) is 0 Å². The fraction of sp³-hybridized carbons (Fsp3) is 0.750. The molecule has 0 aliphatic carbocycles. The van der Waals surface area contributed by atoms with E-state index in [0.717, 1.165) is 17.9 Å². The van der Waals surface area contributed by atoms with Crippen molar-refractivity contribution in [3.8, 4) is 0 Å². The van der Waals surface area contributed by atoms with Gasteiger partial charge in [-0.15, -0.1) is 0 Å². The molecule has 0 N–H and O–H groups in total. The van der Waals surface area contributed by atoms with Crippen LogP contribution in [0, 0.1) is 0 Å². The quantitative estimate of drug-likeness (QED) is 0.548. The lowest BCUT2D eigenvalue weighted by atomic mass is 10.1. The highest BCUT2D eigenvalue weighted by Gasteiger charge is 1.95. The zero-order valence-electron chi connectivity index (χ0n) is 9.31. The number of ketones is 1. The maximum absolute atomic E-state index is 10.7. The van der Waals surface area contributed by atoms with E-state index in [2.05, 4.69) is 6.92 Å². The van der Waals surface area contributed by atoms with Crippen LogP contribution < -0.4 is 0 Å². The summed E-state index contributed by atoms with van der Waals surface area (Å²) in [6.45, 7) is 3.81. The van der Waals surface area contributed by atoms with Crippen molar-refractivity contribution in [1.82, 2.24) is 0 Å². The SMILES string of the molecule is CCCCCC/C(Cl)=C/CCC(C)=O. The van der Waals surface area contributed by atoms with Gasteiger partial charge in [-0.1, -0.05) is 43.9 Å². The molecule has 0 spiro atoms. The third-order valence-corrected chi connectivity index (χ3v) is 2.47. The zero-order valence-corrected chi connectivity index (χ0v) is 10.1. The Bertz CT molecular complexity index is 185. The minimum absolute atomic E-state index is 0.233. The second kappa shape index (κ2) is 9.26. The van der Waals surface area contributed by atoms with Crippen LogP contribution in [0.15, 0.2) is 11.1 Å². The summed E-state index contributed by atoms with van der Waals surface area (Å²) >= 11 is 5.99. The molecule has 0 saturated carbocycles. The van der Waals surface area contributed by atoms with Gasteiger partial charge in [0, 0.05) is 11.5 Å². The van der Waals surface area contributed by atoms with Gasteiger partial charge in [0.1, 0.15) is 5.78 Å². The molecule has 0 aromatic carbocycles. The van der Waals surface area contributed by atoms with E-state index < -0.39 is 0 Å². The fourth-order valence-electron chi connectivity index (χ4n) is 1.25. The summed E-state index contributed by atoms with van der Waals surface area (Å²) < 4.78 is 0. The molecule has 0 radical (unpaired) electrons. The molecule has 14 heavy (non-hydrogen) atoms. The van der Waals surface area contributed by atoms with Gasteiger partial charge >= 0.3 is 0 Å². The highest BCUT2D eigenvalue weighted by Crippen LogP contribution is 2.14. The summed E-state index contributed by atoms with van der Waals surface area (Å²) in [6, 6.07) is 0. The number of halogens is 1. The standard InChI is InChI=1S/C12H21ClO/c1-3-4-5-6-9-12(13)10-7-8-11(2)14/h10H,3-9H2,1-2H3/b12-10-. The van der Waals surface area contributed by atoms with E-state index in [-0.39, 0.29) is 5.78 Å². The Balaban J connectivity index is 3.42. The first-order valence-electron chi connectivity index (χ1n) is 5.50. The zero-order chi connectivity index (χ0) is 10.8. The van der Waals surface area contributed by atoms with Gasteiger partial charge in [-0.2, -0.15) is 0 Å². The maximum atomic E-state index is 10.7. The number of hydrogen-bond donors (Lipinski definition) is 0. The van der Waals surface area contributed by atoms with Crippen molar-refractivity contribution in [3.63, 3.8) is 0 Å². The molecule has 0 bridgehead atoms. The summed E-state index contributed by atoms with van der Waals surface area (Å²) in [5.74, 6) is 0.233. The van der Waals surface area contributed by atoms with Crippen LogP contribution >= 0.6 is 11.6 Å². The molecule has 2 heteroatoms. The molecule has 0 heterocycles. The largest absolute Gasteiger partial charge is 0.300 e. The first-order valence-corrected chi connectivity index (χ1v) is 5.88. The van der Waals surface area contributed by atoms with Gasteiger partial charge in [0.05, 0.1) is 0 Å². The topological polar surface area (TPSA) is 17.1 Å². The number of carbonyl (C=O) groups is 1. The molecule has 0 unspecified atom stereocenters. The van der Waals surface area contributed by atoms with Crippen LogP contribution in [-0.2, 0) is 4.79 Å². The van der Waals surface area contributed by atoms with Crippen molar-refractivity contribution >= 4 is 17.4 Å². The van der Waals surface area contributed by atoms with E-state index in [0.29, 0.717) is 6.42 Å². The second-order valence-corrected chi connectivity index (χ2v) is 4.19. The second-order valence-electron chi connectivity index (χ2n) is 3.70. The third-order valence-electron chi connectivity index (χ3n) is 2.13. The average Bonchev–Trinajstić information content (AvgIpc) is 2.12. The van der Waals surface area contributed by atoms with Gasteiger partial charge in [0.25, 0.3) is 0 Å². The summed E-state index contributed by atoms with van der Waals surface area (Å²) in [4.78, 5) is 10.7. The van der Waals surface area contributed by atoms with E-state index >= 15 is 0 Å². The van der Waals surface area contributed by atoms with Crippen LogP contribution in [0.25, 0.3) is 0 Å². The van der Waals surface area contributed by atoms with E-state index in [1.54, 1.807) is 6.92 Å². The van der Waals surface area contributed by atoms with E-state index in [1.807, 2.05) is 6.08 Å². The average molecular weight is 217 g/mol. The lowest BCUT2D eigenvalue weighted by molar-refractivity contribution is -0.116. The Morgan fingerprint density at radius 1 is 1.21 bits per heavy atom. The van der Waals surface area contributed by atoms with E-state index in [4.69, 9.17) is 11.6 Å². The first-order chi connectivity index (χ1) is 6.66. The van der Waals surface area contributed by atoms with Gasteiger partial charge in [-0.3, -0.25) is 0 Å². The highest BCUT2D eigenvalue weighted by atomic mass is 35.5. The Hall–Kier alpha value is -0.300. The van der Waals surface area contributed by atoms with Crippen molar-refractivity contribution in [2.24, 2.45) is 0 Å². The van der Waals surface area contributed by atoms with E-state index in [9.17, 15) is 4.79 Å². The molecular weight excluding hydrogens is 196 g/mol. The summed E-state index contributed by atoms with van der Waals surface area (Å²) in [6.07, 6.45) is 9.33. The minimum atomic E-state index is 0.233. The van der Waals surface area contributed by atoms with Gasteiger partial charge in [-0.25, -0.2) is 0 Å². The predicted molar refractivity (Wildman–Crippen MR) is 62.6 cm³/mol. The van der Waals surface area contributed by atoms with Crippen LogP contribution in [0.3, 0.4) is 0 Å². The van der Waals surface area contributed by atoms with Gasteiger partial charge in [-0.05, 0) is 26.2 Å². The summed E-state index contributed by atoms with van der Waals surface area (Å²) in [5.41, 5.74) is 0. The van der Waals surface area contributed by atoms with Crippen molar-refractivity contribution < 1.29 is 4.79 Å². The normalized spacial score (nSPS) is 11.8. The molecule has 0 aliphatic rings. The van der Waals surface area contributed by atoms with Crippen molar-refractivity contribution in [3.05, 3.63) is 11.1 Å². The number of allylic oxidation sites excluding steroid dienone is 2. The number of Topliss-reactive ketones (excluding diaryl/α,β-unsaturated/α-hetero) is 1. The lowest BCUT2D eigenvalue weighted by Crippen LogP contribution is -1.87. The minimum Gasteiger partial charge on any atom is -0.300 e. The molecule has 0 saturated heterocycles. The summed E-state index contributed by atoms with van der Waals surface area (Å²) in [5, 5.41) is 0.919. The van der Waals surface area contributed by atoms with Crippen molar-refractivity contribution in [2.75, 3.05) is 0 Å². The van der Waals surface area contributed by atoms with Crippen LogP contribution in [0.4, 0.5) is 0 Å². The lowest BCUT2D eigenvalue weighted by Gasteiger charge is -1.98. The van der Waals surface area contributed by atoms with Crippen LogP contribution in [0.1, 0.15) is 58.8 Å². The Morgan fingerprint density at radius 2 is 1.93 bits per heavy atom.